The van der Waals surface area contributed by atoms with Crippen LogP contribution in [-0.4, -0.2) is 14.3 Å². The number of hydrogen-bond acceptors (Lipinski definition) is 5. The molecule has 0 saturated heterocycles. The van der Waals surface area contributed by atoms with Crippen LogP contribution < -0.4 is 9.50 Å². The SMILES string of the molecule is Cc1ccc(S(=O)(=O)Oc2ccc(/C=C(\C#N)C(=O)Nc3ccc(F)cc3)cc2Br)cc1. The van der Waals surface area contributed by atoms with Crippen molar-refractivity contribution < 1.29 is 21.8 Å². The van der Waals surface area contributed by atoms with Crippen LogP contribution in [0.4, 0.5) is 10.1 Å². The molecule has 0 unspecified atom stereocenters. The van der Waals surface area contributed by atoms with Gasteiger partial charge in [-0.2, -0.15) is 13.7 Å². The Kier molecular flexibility index (Phi) is 7.08. The number of hydrogen-bond donors (Lipinski definition) is 1. The molecule has 3 aromatic rings. The number of amides is 1. The molecule has 0 fully saturated rings. The van der Waals surface area contributed by atoms with E-state index in [-0.39, 0.29) is 16.2 Å². The summed E-state index contributed by atoms with van der Waals surface area (Å²) >= 11 is 3.26. The average Bonchev–Trinajstić information content (AvgIpc) is 2.75. The minimum Gasteiger partial charge on any atom is -0.378 e. The van der Waals surface area contributed by atoms with Crippen molar-refractivity contribution in [3.8, 4) is 11.8 Å². The summed E-state index contributed by atoms with van der Waals surface area (Å²) in [4.78, 5) is 12.4. The molecule has 6 nitrogen and oxygen atoms in total. The van der Waals surface area contributed by atoms with Crippen molar-refractivity contribution in [3.63, 3.8) is 0 Å². The number of carbonyl (C=O) groups excluding carboxylic acids is 1. The maximum atomic E-state index is 13.0. The van der Waals surface area contributed by atoms with Gasteiger partial charge in [0.1, 0.15) is 22.4 Å². The zero-order chi connectivity index (χ0) is 23.3. The summed E-state index contributed by atoms with van der Waals surface area (Å²) in [5.41, 5.74) is 1.52. The Bertz CT molecular complexity index is 1330. The number of aryl methyl sites for hydroxylation is 1. The third-order valence-corrected chi connectivity index (χ3v) is 6.11. The second-order valence-electron chi connectivity index (χ2n) is 6.67. The van der Waals surface area contributed by atoms with E-state index in [0.29, 0.717) is 15.7 Å². The third kappa shape index (κ3) is 5.81. The van der Waals surface area contributed by atoms with Crippen LogP contribution in [-0.2, 0) is 14.9 Å². The molecule has 1 amide bonds. The Morgan fingerprint density at radius 2 is 1.75 bits per heavy atom. The van der Waals surface area contributed by atoms with E-state index in [2.05, 4.69) is 21.2 Å². The average molecular weight is 515 g/mol. The summed E-state index contributed by atoms with van der Waals surface area (Å²) in [5.74, 6) is -1.06. The van der Waals surface area contributed by atoms with E-state index in [1.165, 1.54) is 60.7 Å². The van der Waals surface area contributed by atoms with Crippen LogP contribution >= 0.6 is 15.9 Å². The molecular formula is C23H16BrFN2O4S. The van der Waals surface area contributed by atoms with Crippen molar-refractivity contribution in [2.45, 2.75) is 11.8 Å². The molecule has 32 heavy (non-hydrogen) atoms. The van der Waals surface area contributed by atoms with Crippen LogP contribution in [0.2, 0.25) is 0 Å². The fourth-order valence-electron chi connectivity index (χ4n) is 2.59. The molecule has 0 heterocycles. The highest BCUT2D eigenvalue weighted by molar-refractivity contribution is 9.10. The number of carbonyl (C=O) groups is 1. The van der Waals surface area contributed by atoms with Gasteiger partial charge in [-0.3, -0.25) is 4.79 Å². The third-order valence-electron chi connectivity index (χ3n) is 4.24. The number of anilines is 1. The predicted octanol–water partition coefficient (Wildman–Crippen LogP) is 5.21. The maximum absolute atomic E-state index is 13.0. The lowest BCUT2D eigenvalue weighted by molar-refractivity contribution is -0.112. The van der Waals surface area contributed by atoms with Crippen LogP contribution in [0.15, 0.2) is 81.7 Å². The summed E-state index contributed by atoms with van der Waals surface area (Å²) < 4.78 is 43.5. The largest absolute Gasteiger partial charge is 0.378 e. The number of nitrogens with one attached hydrogen (secondary N) is 1. The van der Waals surface area contributed by atoms with Gasteiger partial charge in [0, 0.05) is 5.69 Å². The number of nitrogens with zero attached hydrogens (tertiary/aromatic N) is 1. The van der Waals surface area contributed by atoms with E-state index in [9.17, 15) is 22.9 Å². The van der Waals surface area contributed by atoms with Crippen molar-refractivity contribution in [2.75, 3.05) is 5.32 Å². The number of nitriles is 1. The first-order valence-electron chi connectivity index (χ1n) is 9.17. The molecule has 3 aromatic carbocycles. The molecule has 1 N–H and O–H groups in total. The quantitative estimate of drug-likeness (QED) is 0.276. The lowest BCUT2D eigenvalue weighted by Crippen LogP contribution is -2.13. The van der Waals surface area contributed by atoms with E-state index in [0.717, 1.165) is 5.56 Å². The molecule has 0 aliphatic carbocycles. The molecular weight excluding hydrogens is 499 g/mol. The topological polar surface area (TPSA) is 96.3 Å². The molecule has 0 spiro atoms. The molecule has 0 aromatic heterocycles. The zero-order valence-electron chi connectivity index (χ0n) is 16.7. The minimum atomic E-state index is -4.03. The fourth-order valence-corrected chi connectivity index (χ4v) is 4.12. The fraction of sp³-hybridized carbons (Fsp3) is 0.0435. The Labute approximate surface area is 193 Å². The van der Waals surface area contributed by atoms with E-state index < -0.39 is 21.8 Å². The monoisotopic (exact) mass is 514 g/mol. The summed E-state index contributed by atoms with van der Waals surface area (Å²) in [7, 11) is -4.03. The lowest BCUT2D eigenvalue weighted by Gasteiger charge is -2.10. The van der Waals surface area contributed by atoms with Gasteiger partial charge in [-0.15, -0.1) is 0 Å². The Morgan fingerprint density at radius 1 is 1.09 bits per heavy atom. The highest BCUT2D eigenvalue weighted by Crippen LogP contribution is 2.30. The zero-order valence-corrected chi connectivity index (χ0v) is 19.1. The van der Waals surface area contributed by atoms with Gasteiger partial charge < -0.3 is 9.50 Å². The molecule has 0 atom stereocenters. The number of benzene rings is 3. The Hall–Kier alpha value is -3.48. The molecule has 0 aliphatic heterocycles. The van der Waals surface area contributed by atoms with Crippen molar-refractivity contribution in [2.24, 2.45) is 0 Å². The van der Waals surface area contributed by atoms with E-state index >= 15 is 0 Å². The highest BCUT2D eigenvalue weighted by atomic mass is 79.9. The minimum absolute atomic E-state index is 0.0169. The lowest BCUT2D eigenvalue weighted by atomic mass is 10.1. The van der Waals surface area contributed by atoms with Crippen LogP contribution in [0.3, 0.4) is 0 Å². The smallest absolute Gasteiger partial charge is 0.339 e. The first-order chi connectivity index (χ1) is 15.2. The highest BCUT2D eigenvalue weighted by Gasteiger charge is 2.18. The number of rotatable bonds is 6. The number of halogens is 2. The molecule has 3 rings (SSSR count). The first kappa shape index (κ1) is 23.2. The van der Waals surface area contributed by atoms with Gasteiger partial charge in [-0.25, -0.2) is 4.39 Å². The predicted molar refractivity (Wildman–Crippen MR) is 122 cm³/mol. The maximum Gasteiger partial charge on any atom is 0.339 e. The van der Waals surface area contributed by atoms with E-state index in [1.54, 1.807) is 12.1 Å². The molecule has 162 valence electrons. The van der Waals surface area contributed by atoms with Crippen LogP contribution in [0, 0.1) is 24.1 Å². The second-order valence-corrected chi connectivity index (χ2v) is 9.07. The van der Waals surface area contributed by atoms with Crippen LogP contribution in [0.25, 0.3) is 6.08 Å². The van der Waals surface area contributed by atoms with Gasteiger partial charge in [0.15, 0.2) is 5.75 Å². The van der Waals surface area contributed by atoms with Crippen molar-refractivity contribution >= 4 is 43.7 Å². The molecule has 0 radical (unpaired) electrons. The molecule has 0 saturated carbocycles. The van der Waals surface area contributed by atoms with Gasteiger partial charge in [-0.05, 0) is 83.0 Å². The van der Waals surface area contributed by atoms with Gasteiger partial charge >= 0.3 is 10.1 Å². The van der Waals surface area contributed by atoms with Crippen molar-refractivity contribution in [1.29, 1.82) is 5.26 Å². The van der Waals surface area contributed by atoms with Crippen LogP contribution in [0.1, 0.15) is 11.1 Å². The molecule has 0 aliphatic rings. The molecule has 0 bridgehead atoms. The van der Waals surface area contributed by atoms with Gasteiger partial charge in [0.25, 0.3) is 5.91 Å². The van der Waals surface area contributed by atoms with Crippen molar-refractivity contribution in [1.82, 2.24) is 0 Å². The van der Waals surface area contributed by atoms with Gasteiger partial charge in [0.05, 0.1) is 4.47 Å². The standard InChI is InChI=1S/C23H16BrFN2O4S/c1-15-2-9-20(10-3-15)32(29,30)31-22-11-4-16(13-21(22)24)12-17(14-26)23(28)27-19-7-5-18(25)6-8-19/h2-13H,1H3,(H,27,28)/b17-12+. The van der Waals surface area contributed by atoms with Gasteiger partial charge in [-0.1, -0.05) is 23.8 Å². The normalized spacial score (nSPS) is 11.5. The van der Waals surface area contributed by atoms with E-state index in [1.807, 2.05) is 13.0 Å². The Morgan fingerprint density at radius 3 is 2.34 bits per heavy atom. The summed E-state index contributed by atoms with van der Waals surface area (Å²) in [5, 5.41) is 11.9. The second kappa shape index (κ2) is 9.77. The summed E-state index contributed by atoms with van der Waals surface area (Å²) in [6.07, 6.45) is 1.34. The molecule has 9 heteroatoms. The van der Waals surface area contributed by atoms with E-state index in [4.69, 9.17) is 4.18 Å². The first-order valence-corrected chi connectivity index (χ1v) is 11.4. The summed E-state index contributed by atoms with van der Waals surface area (Å²) in [6.45, 7) is 1.84. The van der Waals surface area contributed by atoms with Gasteiger partial charge in [0.2, 0.25) is 0 Å². The van der Waals surface area contributed by atoms with Crippen LogP contribution in [0.5, 0.6) is 5.75 Å². The Balaban J connectivity index is 1.79. The van der Waals surface area contributed by atoms with Crippen molar-refractivity contribution in [3.05, 3.63) is 93.7 Å². The summed E-state index contributed by atoms with van der Waals surface area (Å²) in [6, 6.07) is 17.6.